The van der Waals surface area contributed by atoms with Crippen LogP contribution in [0.4, 0.5) is 0 Å². The molecule has 1 heterocycles. The molecule has 9 heteroatoms. The fourth-order valence-corrected chi connectivity index (χ4v) is 5.17. The van der Waals surface area contributed by atoms with Crippen LogP contribution in [0.2, 0.25) is 0 Å². The second kappa shape index (κ2) is 9.79. The molecule has 0 atom stereocenters. The number of nitrogens with zero attached hydrogens (tertiary/aromatic N) is 2. The Hall–Kier alpha value is -2.13. The Kier molecular flexibility index (Phi) is 7.99. The lowest BCUT2D eigenvalue weighted by atomic mass is 9.81. The molecule has 0 aromatic heterocycles. The maximum Gasteiger partial charge on any atom is 0.243 e. The molecule has 1 aliphatic heterocycles. The number of rotatable bonds is 6. The second-order valence-electron chi connectivity index (χ2n) is 10.5. The molecule has 1 saturated heterocycles. The maximum absolute atomic E-state index is 13.5. The summed E-state index contributed by atoms with van der Waals surface area (Å²) in [4.78, 5) is 16.6. The highest BCUT2D eigenvalue weighted by Crippen LogP contribution is 2.33. The van der Waals surface area contributed by atoms with E-state index in [0.717, 1.165) is 11.1 Å². The van der Waals surface area contributed by atoms with Crippen molar-refractivity contribution in [3.63, 3.8) is 0 Å². The first-order valence-corrected chi connectivity index (χ1v) is 12.6. The number of amides is 1. The smallest absolute Gasteiger partial charge is 0.243 e. The van der Waals surface area contributed by atoms with Gasteiger partial charge in [0.1, 0.15) is 0 Å². The van der Waals surface area contributed by atoms with Crippen LogP contribution >= 0.6 is 0 Å². The van der Waals surface area contributed by atoms with Gasteiger partial charge in [0.25, 0.3) is 0 Å². The lowest BCUT2D eigenvalue weighted by Gasteiger charge is -2.32. The summed E-state index contributed by atoms with van der Waals surface area (Å²) in [5.41, 5.74) is 12.2. The average Bonchev–Trinajstić information content (AvgIpc) is 2.69. The molecule has 1 fully saturated rings. The summed E-state index contributed by atoms with van der Waals surface area (Å²) < 4.78 is 28.5. The molecule has 0 saturated carbocycles. The molecule has 0 unspecified atom stereocenters. The molecule has 0 aliphatic carbocycles. The first kappa shape index (κ1) is 26.1. The number of benzene rings is 1. The van der Waals surface area contributed by atoms with E-state index in [9.17, 15) is 13.2 Å². The van der Waals surface area contributed by atoms with Crippen molar-refractivity contribution in [2.24, 2.45) is 22.4 Å². The largest absolute Gasteiger partial charge is 0.370 e. The predicted molar refractivity (Wildman–Crippen MR) is 129 cm³/mol. The SMILES string of the molecule is CC(C)(C)c1cc(C(C)(C)C)cc(S(=O)(=O)N2CCC(C(=O)NCCN=C(N)N)CC2)c1. The van der Waals surface area contributed by atoms with E-state index in [1.165, 1.54) is 4.31 Å². The van der Waals surface area contributed by atoms with Crippen LogP contribution in [0.15, 0.2) is 28.1 Å². The van der Waals surface area contributed by atoms with E-state index in [1.54, 1.807) is 12.1 Å². The van der Waals surface area contributed by atoms with Crippen molar-refractivity contribution in [1.29, 1.82) is 0 Å². The Morgan fingerprint density at radius 2 is 1.53 bits per heavy atom. The third kappa shape index (κ3) is 6.68. The van der Waals surface area contributed by atoms with Crippen LogP contribution in [0.1, 0.15) is 65.5 Å². The number of hydrogen-bond acceptors (Lipinski definition) is 4. The Labute approximate surface area is 192 Å². The van der Waals surface area contributed by atoms with E-state index in [4.69, 9.17) is 11.5 Å². The van der Waals surface area contributed by atoms with Gasteiger partial charge in [-0.2, -0.15) is 4.31 Å². The summed E-state index contributed by atoms with van der Waals surface area (Å²) in [6.07, 6.45) is 0.969. The monoisotopic (exact) mass is 465 g/mol. The molecule has 8 nitrogen and oxygen atoms in total. The van der Waals surface area contributed by atoms with Crippen molar-refractivity contribution in [1.82, 2.24) is 9.62 Å². The molecule has 1 aliphatic rings. The van der Waals surface area contributed by atoms with Crippen molar-refractivity contribution in [2.75, 3.05) is 26.2 Å². The first-order valence-electron chi connectivity index (χ1n) is 11.1. The minimum Gasteiger partial charge on any atom is -0.370 e. The highest BCUT2D eigenvalue weighted by molar-refractivity contribution is 7.89. The summed E-state index contributed by atoms with van der Waals surface area (Å²) in [5, 5.41) is 2.82. The van der Waals surface area contributed by atoms with Gasteiger partial charge in [0.05, 0.1) is 11.4 Å². The Morgan fingerprint density at radius 1 is 1.03 bits per heavy atom. The standard InChI is InChI=1S/C23H39N5O3S/c1-22(2,3)17-13-18(23(4,5)6)15-19(14-17)32(30,31)28-11-7-16(8-12-28)20(29)26-9-10-27-21(24)25/h13-16H,7-12H2,1-6H3,(H,26,29)(H4,24,25,27). The summed E-state index contributed by atoms with van der Waals surface area (Å²) in [5.74, 6) is -0.313. The van der Waals surface area contributed by atoms with Crippen molar-refractivity contribution in [2.45, 2.75) is 70.1 Å². The Balaban J connectivity index is 2.15. The third-order valence-electron chi connectivity index (χ3n) is 5.81. The highest BCUT2D eigenvalue weighted by atomic mass is 32.2. The first-order chi connectivity index (χ1) is 14.6. The van der Waals surface area contributed by atoms with Gasteiger partial charge in [0, 0.05) is 25.6 Å². The number of nitrogens with one attached hydrogen (secondary N) is 1. The second-order valence-corrected chi connectivity index (χ2v) is 12.5. The average molecular weight is 466 g/mol. The molecule has 1 amide bonds. The van der Waals surface area contributed by atoms with Gasteiger partial charge in [0.2, 0.25) is 15.9 Å². The summed E-state index contributed by atoms with van der Waals surface area (Å²) in [7, 11) is -3.65. The van der Waals surface area contributed by atoms with Crippen molar-refractivity contribution < 1.29 is 13.2 Å². The number of aliphatic imine (C=N–C) groups is 1. The van der Waals surface area contributed by atoms with Crippen LogP contribution in [-0.2, 0) is 25.6 Å². The molecule has 5 N–H and O–H groups in total. The fraction of sp³-hybridized carbons (Fsp3) is 0.652. The van der Waals surface area contributed by atoms with Crippen LogP contribution < -0.4 is 16.8 Å². The predicted octanol–water partition coefficient (Wildman–Crippen LogP) is 2.07. The zero-order valence-corrected chi connectivity index (χ0v) is 21.1. The molecule has 32 heavy (non-hydrogen) atoms. The number of hydrogen-bond donors (Lipinski definition) is 3. The molecule has 1 aromatic carbocycles. The molecule has 1 aromatic rings. The van der Waals surface area contributed by atoms with Crippen LogP contribution in [-0.4, -0.2) is 50.8 Å². The molecular weight excluding hydrogens is 426 g/mol. The van der Waals surface area contributed by atoms with E-state index in [2.05, 4.69) is 57.9 Å². The number of piperidine rings is 1. The molecule has 0 radical (unpaired) electrons. The Bertz CT molecular complexity index is 915. The Morgan fingerprint density at radius 3 is 1.97 bits per heavy atom. The summed E-state index contributed by atoms with van der Waals surface area (Å²) in [6.45, 7) is 13.8. The van der Waals surface area contributed by atoms with Gasteiger partial charge >= 0.3 is 0 Å². The van der Waals surface area contributed by atoms with Gasteiger partial charge in [-0.15, -0.1) is 0 Å². The van der Waals surface area contributed by atoms with Gasteiger partial charge in [0.15, 0.2) is 5.96 Å². The maximum atomic E-state index is 13.5. The zero-order valence-electron chi connectivity index (χ0n) is 20.2. The van der Waals surface area contributed by atoms with Gasteiger partial charge in [-0.05, 0) is 46.9 Å². The molecular formula is C23H39N5O3S. The van der Waals surface area contributed by atoms with Crippen LogP contribution in [0, 0.1) is 5.92 Å². The summed E-state index contributed by atoms with van der Waals surface area (Å²) in [6, 6.07) is 5.71. The van der Waals surface area contributed by atoms with Crippen LogP contribution in [0.3, 0.4) is 0 Å². The van der Waals surface area contributed by atoms with E-state index >= 15 is 0 Å². The quantitative estimate of drug-likeness (QED) is 0.336. The highest BCUT2D eigenvalue weighted by Gasteiger charge is 2.33. The topological polar surface area (TPSA) is 131 Å². The zero-order chi connectivity index (χ0) is 24.3. The van der Waals surface area contributed by atoms with Gasteiger partial charge in [-0.25, -0.2) is 8.42 Å². The van der Waals surface area contributed by atoms with Gasteiger partial charge in [-0.1, -0.05) is 47.6 Å². The van der Waals surface area contributed by atoms with E-state index in [-0.39, 0.29) is 28.6 Å². The van der Waals surface area contributed by atoms with E-state index in [0.29, 0.717) is 43.9 Å². The summed E-state index contributed by atoms with van der Waals surface area (Å²) >= 11 is 0. The van der Waals surface area contributed by atoms with Crippen molar-refractivity contribution in [3.05, 3.63) is 29.3 Å². The molecule has 2 rings (SSSR count). The van der Waals surface area contributed by atoms with Gasteiger partial charge in [-0.3, -0.25) is 9.79 Å². The van der Waals surface area contributed by atoms with Crippen molar-refractivity contribution in [3.8, 4) is 0 Å². The minimum atomic E-state index is -3.65. The minimum absolute atomic E-state index is 0.0112. The fourth-order valence-electron chi connectivity index (χ4n) is 3.63. The van der Waals surface area contributed by atoms with E-state index < -0.39 is 10.0 Å². The number of sulfonamides is 1. The van der Waals surface area contributed by atoms with Crippen LogP contribution in [0.25, 0.3) is 0 Å². The molecule has 0 bridgehead atoms. The number of guanidine groups is 1. The van der Waals surface area contributed by atoms with Crippen molar-refractivity contribution >= 4 is 21.9 Å². The molecule has 180 valence electrons. The van der Waals surface area contributed by atoms with Gasteiger partial charge < -0.3 is 16.8 Å². The lowest BCUT2D eigenvalue weighted by Crippen LogP contribution is -2.43. The van der Waals surface area contributed by atoms with E-state index in [1.807, 2.05) is 0 Å². The number of carbonyl (C=O) groups excluding carboxylic acids is 1. The lowest BCUT2D eigenvalue weighted by molar-refractivity contribution is -0.126. The van der Waals surface area contributed by atoms with Crippen LogP contribution in [0.5, 0.6) is 0 Å². The normalized spacial score (nSPS) is 16.6. The third-order valence-corrected chi connectivity index (χ3v) is 7.68. The number of carbonyl (C=O) groups is 1. The molecule has 0 spiro atoms. The number of nitrogens with two attached hydrogens (primary N) is 2.